The van der Waals surface area contributed by atoms with Crippen LogP contribution in [-0.2, 0) is 10.0 Å². The van der Waals surface area contributed by atoms with Crippen LogP contribution in [0.25, 0.3) is 0 Å². The Morgan fingerprint density at radius 3 is 2.96 bits per heavy atom. The molecular weight excluding hydrogens is 310 g/mol. The average molecular weight is 331 g/mol. The molecule has 5 nitrogen and oxygen atoms in total. The summed E-state index contributed by atoms with van der Waals surface area (Å²) in [6.45, 7) is 6.33. The van der Waals surface area contributed by atoms with Gasteiger partial charge in [0.15, 0.2) is 0 Å². The number of sulfonamides is 1. The first-order chi connectivity index (χ1) is 11.0. The van der Waals surface area contributed by atoms with E-state index in [1.54, 1.807) is 12.1 Å². The molecule has 0 saturated carbocycles. The second-order valence-corrected chi connectivity index (χ2v) is 8.09. The van der Waals surface area contributed by atoms with Crippen LogP contribution in [0.1, 0.15) is 18.4 Å². The molecule has 3 aliphatic rings. The van der Waals surface area contributed by atoms with Crippen LogP contribution in [0.5, 0.6) is 0 Å². The molecule has 0 amide bonds. The Bertz CT molecular complexity index is 738. The van der Waals surface area contributed by atoms with Gasteiger partial charge < -0.3 is 0 Å². The lowest BCUT2D eigenvalue weighted by Crippen LogP contribution is -2.56. The van der Waals surface area contributed by atoms with Crippen molar-refractivity contribution in [3.05, 3.63) is 42.5 Å². The molecule has 4 rings (SSSR count). The van der Waals surface area contributed by atoms with Crippen molar-refractivity contribution in [2.45, 2.75) is 23.8 Å². The van der Waals surface area contributed by atoms with Crippen LogP contribution in [0, 0.1) is 23.2 Å². The van der Waals surface area contributed by atoms with E-state index in [9.17, 15) is 8.42 Å². The number of rotatable bonds is 5. The van der Waals surface area contributed by atoms with Gasteiger partial charge in [0.2, 0.25) is 10.0 Å². The standard InChI is InChI=1S/C17H21N3O2S/c1-2-14-12-20-7-6-15(14)9-16(20)11-19-23(21,22)17-5-3-4-13(8-17)10-18/h2-5,8,14-16,19H,1,6-7,9,11-12H2/t14-,15-,16+/m0/s1. The number of nitriles is 1. The maximum absolute atomic E-state index is 12.4. The summed E-state index contributed by atoms with van der Waals surface area (Å²) in [5.41, 5.74) is 0.349. The normalized spacial score (nSPS) is 29.9. The molecule has 3 fully saturated rings. The maximum Gasteiger partial charge on any atom is 0.240 e. The number of nitrogens with zero attached hydrogens (tertiary/aromatic N) is 2. The first-order valence-corrected chi connectivity index (χ1v) is 9.38. The summed E-state index contributed by atoms with van der Waals surface area (Å²) in [5.74, 6) is 1.15. The molecule has 6 heteroatoms. The van der Waals surface area contributed by atoms with E-state index in [2.05, 4.69) is 16.2 Å². The Morgan fingerprint density at radius 1 is 1.48 bits per heavy atom. The van der Waals surface area contributed by atoms with Gasteiger partial charge in [0.05, 0.1) is 16.5 Å². The lowest BCUT2D eigenvalue weighted by atomic mass is 9.76. The lowest BCUT2D eigenvalue weighted by Gasteiger charge is -2.49. The van der Waals surface area contributed by atoms with Gasteiger partial charge in [-0.15, -0.1) is 6.58 Å². The summed E-state index contributed by atoms with van der Waals surface area (Å²) in [5, 5.41) is 8.90. The van der Waals surface area contributed by atoms with Crippen LogP contribution in [0.2, 0.25) is 0 Å². The summed E-state index contributed by atoms with van der Waals surface area (Å²) < 4.78 is 27.5. The van der Waals surface area contributed by atoms with E-state index < -0.39 is 10.0 Å². The first-order valence-electron chi connectivity index (χ1n) is 7.90. The number of hydrogen-bond acceptors (Lipinski definition) is 4. The Hall–Kier alpha value is -1.68. The molecule has 0 spiro atoms. The van der Waals surface area contributed by atoms with E-state index in [-0.39, 0.29) is 10.9 Å². The molecule has 23 heavy (non-hydrogen) atoms. The minimum Gasteiger partial charge on any atom is -0.298 e. The van der Waals surface area contributed by atoms with Gasteiger partial charge in [-0.25, -0.2) is 13.1 Å². The molecule has 122 valence electrons. The number of piperidine rings is 3. The third-order valence-electron chi connectivity index (χ3n) is 5.01. The van der Waals surface area contributed by atoms with Crippen molar-refractivity contribution in [3.63, 3.8) is 0 Å². The van der Waals surface area contributed by atoms with Gasteiger partial charge in [0, 0.05) is 19.1 Å². The van der Waals surface area contributed by atoms with Gasteiger partial charge in [0.1, 0.15) is 0 Å². The number of nitrogens with one attached hydrogen (secondary N) is 1. The van der Waals surface area contributed by atoms with Crippen LogP contribution in [0.4, 0.5) is 0 Å². The molecule has 1 aromatic carbocycles. The van der Waals surface area contributed by atoms with Crippen molar-refractivity contribution in [1.82, 2.24) is 9.62 Å². The molecule has 0 aliphatic carbocycles. The van der Waals surface area contributed by atoms with Gasteiger partial charge >= 0.3 is 0 Å². The van der Waals surface area contributed by atoms with Gasteiger partial charge in [-0.3, -0.25) is 4.90 Å². The molecule has 4 atom stereocenters. The first kappa shape index (κ1) is 16.2. The zero-order valence-electron chi connectivity index (χ0n) is 13.0. The van der Waals surface area contributed by atoms with Crippen molar-refractivity contribution < 1.29 is 8.42 Å². The van der Waals surface area contributed by atoms with Crippen molar-refractivity contribution in [2.24, 2.45) is 11.8 Å². The molecule has 3 aliphatic heterocycles. The Labute approximate surface area is 137 Å². The fourth-order valence-corrected chi connectivity index (χ4v) is 4.80. The predicted molar refractivity (Wildman–Crippen MR) is 88.1 cm³/mol. The van der Waals surface area contributed by atoms with Crippen LogP contribution in [0.15, 0.2) is 41.8 Å². The zero-order valence-corrected chi connectivity index (χ0v) is 13.8. The summed E-state index contributed by atoms with van der Waals surface area (Å²) in [6, 6.07) is 8.33. The van der Waals surface area contributed by atoms with E-state index in [0.717, 1.165) is 19.5 Å². The smallest absolute Gasteiger partial charge is 0.240 e. The van der Waals surface area contributed by atoms with Crippen molar-refractivity contribution >= 4 is 10.0 Å². The molecule has 2 bridgehead atoms. The van der Waals surface area contributed by atoms with E-state index in [0.29, 0.717) is 23.9 Å². The molecule has 1 N–H and O–H groups in total. The van der Waals surface area contributed by atoms with E-state index in [1.165, 1.54) is 18.6 Å². The SMILES string of the molecule is C=C[C@H]1CN2CC[C@H]1C[C@@H]2CNS(=O)(=O)c1cccc(C#N)c1. The highest BCUT2D eigenvalue weighted by Gasteiger charge is 2.38. The highest BCUT2D eigenvalue weighted by Crippen LogP contribution is 2.36. The quantitative estimate of drug-likeness (QED) is 0.834. The van der Waals surface area contributed by atoms with Crippen LogP contribution < -0.4 is 4.72 Å². The average Bonchev–Trinajstić information content (AvgIpc) is 2.60. The molecule has 1 aromatic rings. The Morgan fingerprint density at radius 2 is 2.30 bits per heavy atom. The monoisotopic (exact) mass is 331 g/mol. The van der Waals surface area contributed by atoms with Crippen LogP contribution >= 0.6 is 0 Å². The third kappa shape index (κ3) is 3.32. The van der Waals surface area contributed by atoms with E-state index >= 15 is 0 Å². The predicted octanol–water partition coefficient (Wildman–Crippen LogP) is 1.73. The van der Waals surface area contributed by atoms with Gasteiger partial charge in [-0.1, -0.05) is 12.1 Å². The van der Waals surface area contributed by atoms with Crippen LogP contribution in [-0.4, -0.2) is 39.0 Å². The van der Waals surface area contributed by atoms with Crippen molar-refractivity contribution in [2.75, 3.05) is 19.6 Å². The molecular formula is C17H21N3O2S. The molecule has 0 aromatic heterocycles. The minimum absolute atomic E-state index is 0.150. The van der Waals surface area contributed by atoms with Crippen molar-refractivity contribution in [3.8, 4) is 6.07 Å². The zero-order chi connectivity index (χ0) is 16.4. The highest BCUT2D eigenvalue weighted by molar-refractivity contribution is 7.89. The van der Waals surface area contributed by atoms with Gasteiger partial charge in [-0.05, 0) is 49.4 Å². The highest BCUT2D eigenvalue weighted by atomic mass is 32.2. The summed E-state index contributed by atoms with van der Waals surface area (Å²) in [6.07, 6.45) is 4.21. The lowest BCUT2D eigenvalue weighted by molar-refractivity contribution is 0.0218. The molecule has 3 heterocycles. The molecule has 1 unspecified atom stereocenters. The summed E-state index contributed by atoms with van der Waals surface area (Å²) in [7, 11) is -3.58. The minimum atomic E-state index is -3.58. The summed E-state index contributed by atoms with van der Waals surface area (Å²) in [4.78, 5) is 2.51. The molecule has 3 saturated heterocycles. The second kappa shape index (κ2) is 6.44. The van der Waals surface area contributed by atoms with Crippen molar-refractivity contribution in [1.29, 1.82) is 5.26 Å². The largest absolute Gasteiger partial charge is 0.298 e. The van der Waals surface area contributed by atoms with E-state index in [1.807, 2.05) is 12.1 Å². The van der Waals surface area contributed by atoms with Gasteiger partial charge in [0.25, 0.3) is 0 Å². The van der Waals surface area contributed by atoms with Gasteiger partial charge in [-0.2, -0.15) is 5.26 Å². The maximum atomic E-state index is 12.4. The van der Waals surface area contributed by atoms with Crippen LogP contribution in [0.3, 0.4) is 0 Å². The summed E-state index contributed by atoms with van der Waals surface area (Å²) >= 11 is 0. The molecule has 0 radical (unpaired) electrons. The topological polar surface area (TPSA) is 73.2 Å². The Kier molecular flexibility index (Phi) is 4.53. The number of hydrogen-bond donors (Lipinski definition) is 1. The number of benzene rings is 1. The van der Waals surface area contributed by atoms with E-state index in [4.69, 9.17) is 5.26 Å². The third-order valence-corrected chi connectivity index (χ3v) is 6.44. The number of fused-ring (bicyclic) bond motifs is 3. The fourth-order valence-electron chi connectivity index (χ4n) is 3.68. The second-order valence-electron chi connectivity index (χ2n) is 6.32. The Balaban J connectivity index is 1.66. The fraction of sp³-hybridized carbons (Fsp3) is 0.471.